The van der Waals surface area contributed by atoms with Crippen molar-refractivity contribution in [2.75, 3.05) is 0 Å². The molecule has 1 radical (unpaired) electrons. The number of hydrogen-bond acceptors (Lipinski definition) is 6. The number of nitro groups is 2. The monoisotopic (exact) mass is 243 g/mol. The maximum atomic E-state index is 10.7. The van der Waals surface area contributed by atoms with Crippen LogP contribution in [0, 0.1) is 24.8 Å². The SMILES string of the molecule is O=[N+]([O-])c1cccc([C]2SS2)c1[N+](=O)[O-]. The van der Waals surface area contributed by atoms with Crippen LogP contribution in [0.5, 0.6) is 0 Å². The molecule has 77 valence electrons. The molecule has 0 amide bonds. The van der Waals surface area contributed by atoms with Gasteiger partial charge in [0.2, 0.25) is 0 Å². The van der Waals surface area contributed by atoms with Crippen molar-refractivity contribution in [2.24, 2.45) is 0 Å². The van der Waals surface area contributed by atoms with Crippen LogP contribution >= 0.6 is 21.6 Å². The van der Waals surface area contributed by atoms with Gasteiger partial charge in [0.25, 0.3) is 0 Å². The lowest BCUT2D eigenvalue weighted by Crippen LogP contribution is -1.99. The lowest BCUT2D eigenvalue weighted by atomic mass is 10.1. The van der Waals surface area contributed by atoms with E-state index in [1.807, 2.05) is 0 Å². The molecule has 0 aliphatic carbocycles. The molecule has 1 aromatic carbocycles. The number of nitrogens with zero attached hydrogens (tertiary/aromatic N) is 2. The molecule has 2 rings (SSSR count). The Kier molecular flexibility index (Phi) is 2.53. The normalized spacial score (nSPS) is 14.9. The van der Waals surface area contributed by atoms with Crippen molar-refractivity contribution in [2.45, 2.75) is 0 Å². The molecule has 1 saturated heterocycles. The highest BCUT2D eigenvalue weighted by Gasteiger charge is 2.39. The predicted molar refractivity (Wildman–Crippen MR) is 57.3 cm³/mol. The molecular weight excluding hydrogens is 240 g/mol. The molecule has 8 heteroatoms. The van der Waals surface area contributed by atoms with Crippen LogP contribution in [0.1, 0.15) is 5.56 Å². The van der Waals surface area contributed by atoms with Gasteiger partial charge in [0.05, 0.1) is 15.4 Å². The molecule has 0 bridgehead atoms. The first-order valence-electron chi connectivity index (χ1n) is 3.75. The number of nitro benzene ring substituents is 2. The van der Waals surface area contributed by atoms with Crippen LogP contribution in [0.4, 0.5) is 11.4 Å². The Morgan fingerprint density at radius 1 is 1.07 bits per heavy atom. The summed E-state index contributed by atoms with van der Waals surface area (Å²) in [6, 6.07) is 4.11. The van der Waals surface area contributed by atoms with Gasteiger partial charge >= 0.3 is 11.4 Å². The Morgan fingerprint density at radius 2 is 1.73 bits per heavy atom. The fourth-order valence-corrected chi connectivity index (χ4v) is 2.36. The molecule has 6 nitrogen and oxygen atoms in total. The van der Waals surface area contributed by atoms with E-state index in [2.05, 4.69) is 0 Å². The van der Waals surface area contributed by atoms with Crippen molar-refractivity contribution in [3.63, 3.8) is 0 Å². The number of benzene rings is 1. The highest BCUT2D eigenvalue weighted by Crippen LogP contribution is 2.66. The highest BCUT2D eigenvalue weighted by molar-refractivity contribution is 8.95. The molecule has 0 N–H and O–H groups in total. The molecule has 1 fully saturated rings. The Balaban J connectivity index is 2.59. The quantitative estimate of drug-likeness (QED) is 0.351. The van der Waals surface area contributed by atoms with Gasteiger partial charge in [0.15, 0.2) is 0 Å². The summed E-state index contributed by atoms with van der Waals surface area (Å²) in [5, 5.41) is 21.3. The summed E-state index contributed by atoms with van der Waals surface area (Å²) in [7, 11) is 2.76. The molecule has 1 heterocycles. The van der Waals surface area contributed by atoms with Crippen LogP contribution in [0.25, 0.3) is 0 Å². The zero-order chi connectivity index (χ0) is 11.0. The zero-order valence-corrected chi connectivity index (χ0v) is 8.71. The van der Waals surface area contributed by atoms with Crippen molar-refractivity contribution >= 4 is 33.0 Å². The molecule has 0 spiro atoms. The molecule has 15 heavy (non-hydrogen) atoms. The van der Waals surface area contributed by atoms with E-state index in [4.69, 9.17) is 0 Å². The van der Waals surface area contributed by atoms with Gasteiger partial charge in [-0.2, -0.15) is 0 Å². The van der Waals surface area contributed by atoms with Gasteiger partial charge in [-0.3, -0.25) is 20.2 Å². The maximum Gasteiger partial charge on any atom is 0.351 e. The first-order valence-corrected chi connectivity index (χ1v) is 5.90. The third-order valence-electron chi connectivity index (χ3n) is 1.78. The van der Waals surface area contributed by atoms with E-state index in [1.165, 1.54) is 33.7 Å². The van der Waals surface area contributed by atoms with E-state index >= 15 is 0 Å². The van der Waals surface area contributed by atoms with Gasteiger partial charge in [0.1, 0.15) is 4.58 Å². The van der Waals surface area contributed by atoms with Crippen molar-refractivity contribution < 1.29 is 9.85 Å². The van der Waals surface area contributed by atoms with Crippen LogP contribution < -0.4 is 0 Å². The molecule has 0 aromatic heterocycles. The number of para-hydroxylation sites is 1. The van der Waals surface area contributed by atoms with Gasteiger partial charge < -0.3 is 0 Å². The van der Waals surface area contributed by atoms with E-state index in [0.29, 0.717) is 5.56 Å². The summed E-state index contributed by atoms with van der Waals surface area (Å²) in [5.41, 5.74) is -0.544. The fraction of sp³-hybridized carbons (Fsp3) is 0. The number of hydrogen-bond donors (Lipinski definition) is 0. The van der Waals surface area contributed by atoms with Gasteiger partial charge in [-0.25, -0.2) is 0 Å². The highest BCUT2D eigenvalue weighted by atomic mass is 33.2. The molecule has 0 atom stereocenters. The third-order valence-corrected chi connectivity index (χ3v) is 3.55. The van der Waals surface area contributed by atoms with E-state index in [9.17, 15) is 20.2 Å². The summed E-state index contributed by atoms with van der Waals surface area (Å²) < 4.78 is 0.755. The van der Waals surface area contributed by atoms with Crippen LogP contribution in [0.15, 0.2) is 18.2 Å². The Morgan fingerprint density at radius 3 is 2.20 bits per heavy atom. The third kappa shape index (κ3) is 1.90. The average molecular weight is 243 g/mol. The van der Waals surface area contributed by atoms with E-state index in [0.717, 1.165) is 10.6 Å². The number of rotatable bonds is 3. The van der Waals surface area contributed by atoms with Crippen molar-refractivity contribution in [1.82, 2.24) is 0 Å². The molecule has 0 unspecified atom stereocenters. The Hall–Kier alpha value is -1.28. The fourth-order valence-electron chi connectivity index (χ4n) is 1.15. The van der Waals surface area contributed by atoms with Gasteiger partial charge in [0, 0.05) is 6.07 Å². The van der Waals surface area contributed by atoms with Crippen LogP contribution in [0.3, 0.4) is 0 Å². The van der Waals surface area contributed by atoms with Crippen molar-refractivity contribution in [1.29, 1.82) is 0 Å². The van der Waals surface area contributed by atoms with E-state index < -0.39 is 21.2 Å². The van der Waals surface area contributed by atoms with E-state index in [1.54, 1.807) is 0 Å². The van der Waals surface area contributed by atoms with Gasteiger partial charge in [-0.1, -0.05) is 27.7 Å². The predicted octanol–water partition coefficient (Wildman–Crippen LogP) is 2.74. The molecule has 1 aliphatic heterocycles. The van der Waals surface area contributed by atoms with E-state index in [-0.39, 0.29) is 0 Å². The van der Waals surface area contributed by atoms with Crippen molar-refractivity contribution in [3.05, 3.63) is 48.6 Å². The summed E-state index contributed by atoms with van der Waals surface area (Å²) >= 11 is 0. The minimum absolute atomic E-state index is 0.337. The first kappa shape index (κ1) is 10.2. The first-order chi connectivity index (χ1) is 7.11. The lowest BCUT2D eigenvalue weighted by molar-refractivity contribution is -0.422. The molecule has 1 aliphatic rings. The minimum Gasteiger partial charge on any atom is -0.258 e. The van der Waals surface area contributed by atoms with Gasteiger partial charge in [-0.05, 0) is 6.07 Å². The van der Waals surface area contributed by atoms with Gasteiger partial charge in [-0.15, -0.1) is 0 Å². The second-order valence-corrected chi connectivity index (χ2v) is 5.05. The van der Waals surface area contributed by atoms with Crippen LogP contribution in [0.2, 0.25) is 0 Å². The smallest absolute Gasteiger partial charge is 0.258 e. The lowest BCUT2D eigenvalue weighted by Gasteiger charge is -1.98. The Labute approximate surface area is 91.7 Å². The van der Waals surface area contributed by atoms with Crippen LogP contribution in [-0.2, 0) is 0 Å². The topological polar surface area (TPSA) is 86.3 Å². The maximum absolute atomic E-state index is 10.7. The minimum atomic E-state index is -0.736. The Bertz CT molecular complexity index is 447. The summed E-state index contributed by atoms with van der Waals surface area (Å²) in [6.07, 6.45) is 0. The summed E-state index contributed by atoms with van der Waals surface area (Å²) in [4.78, 5) is 19.9. The zero-order valence-electron chi connectivity index (χ0n) is 7.08. The molecule has 0 saturated carbocycles. The largest absolute Gasteiger partial charge is 0.351 e. The van der Waals surface area contributed by atoms with Crippen molar-refractivity contribution in [3.8, 4) is 0 Å². The summed E-state index contributed by atoms with van der Waals surface area (Å²) in [6.45, 7) is 0. The summed E-state index contributed by atoms with van der Waals surface area (Å²) in [5.74, 6) is 0. The standard InChI is InChI=1S/C7H3N2O4S2/c10-8(11)5-3-1-2-4(7-14-15-7)6(5)9(12)13/h1-3H. The average Bonchev–Trinajstić information content (AvgIpc) is 2.99. The molecular formula is C7H3N2O4S2. The molecule has 1 aromatic rings. The van der Waals surface area contributed by atoms with Crippen LogP contribution in [-0.4, -0.2) is 9.85 Å². The second kappa shape index (κ2) is 3.70. The second-order valence-electron chi connectivity index (χ2n) is 2.64.